The van der Waals surface area contributed by atoms with Crippen LogP contribution >= 0.6 is 0 Å². The summed E-state index contributed by atoms with van der Waals surface area (Å²) in [5, 5.41) is 2.84. The van der Waals surface area contributed by atoms with Crippen LogP contribution in [-0.2, 0) is 24.4 Å². The van der Waals surface area contributed by atoms with Gasteiger partial charge in [0.25, 0.3) is 0 Å². The average Bonchev–Trinajstić information content (AvgIpc) is 2.72. The lowest BCUT2D eigenvalue weighted by Gasteiger charge is -2.26. The highest BCUT2D eigenvalue weighted by Crippen LogP contribution is 2.31. The second-order valence-electron chi connectivity index (χ2n) is 6.53. The first-order valence-electron chi connectivity index (χ1n) is 9.15. The van der Waals surface area contributed by atoms with Gasteiger partial charge in [0.05, 0.1) is 25.7 Å². The second kappa shape index (κ2) is 8.59. The molecule has 1 aromatic heterocycles. The van der Waals surface area contributed by atoms with Crippen LogP contribution in [0, 0.1) is 0 Å². The maximum atomic E-state index is 12.6. The minimum Gasteiger partial charge on any atom is -0.493 e. The zero-order chi connectivity index (χ0) is 21.0. The summed E-state index contributed by atoms with van der Waals surface area (Å²) < 4.78 is 8.03. The molecular weight excluding hydrogens is 376 g/mol. The molecule has 0 saturated carbocycles. The van der Waals surface area contributed by atoms with E-state index in [1.54, 1.807) is 0 Å². The Morgan fingerprint density at radius 3 is 2.24 bits per heavy atom. The van der Waals surface area contributed by atoms with Gasteiger partial charge in [-0.05, 0) is 6.07 Å². The summed E-state index contributed by atoms with van der Waals surface area (Å²) in [5.74, 6) is 0.175. The fourth-order valence-corrected chi connectivity index (χ4v) is 3.26. The highest BCUT2D eigenvalue weighted by molar-refractivity contribution is 5.76. The monoisotopic (exact) mass is 398 g/mol. The lowest BCUT2D eigenvalue weighted by molar-refractivity contribution is -0.122. The molecule has 9 heteroatoms. The third-order valence-electron chi connectivity index (χ3n) is 4.60. The van der Waals surface area contributed by atoms with E-state index in [9.17, 15) is 19.2 Å². The van der Waals surface area contributed by atoms with Crippen molar-refractivity contribution in [2.24, 2.45) is 0 Å². The van der Waals surface area contributed by atoms with E-state index in [-0.39, 0.29) is 19.1 Å². The SMILES string of the molecule is C=CCn1c(=O)n(CC=C)c(=O)n(CC(=O)N[C@H]2CCOc3ccccc32)c1=O. The number of nitrogens with zero attached hydrogens (tertiary/aromatic N) is 3. The van der Waals surface area contributed by atoms with Gasteiger partial charge in [0.15, 0.2) is 0 Å². The third kappa shape index (κ3) is 3.98. The number of benzene rings is 1. The molecule has 1 aliphatic rings. The zero-order valence-electron chi connectivity index (χ0n) is 15.9. The molecule has 1 amide bonds. The first kappa shape index (κ1) is 20.1. The second-order valence-corrected chi connectivity index (χ2v) is 6.53. The van der Waals surface area contributed by atoms with Crippen LogP contribution in [0.25, 0.3) is 0 Å². The number of allylic oxidation sites excluding steroid dienone is 2. The van der Waals surface area contributed by atoms with Gasteiger partial charge in [-0.1, -0.05) is 30.4 Å². The van der Waals surface area contributed by atoms with Crippen molar-refractivity contribution in [1.29, 1.82) is 0 Å². The highest BCUT2D eigenvalue weighted by Gasteiger charge is 2.24. The Morgan fingerprint density at radius 1 is 1.03 bits per heavy atom. The minimum absolute atomic E-state index is 0.0793. The van der Waals surface area contributed by atoms with Gasteiger partial charge in [-0.3, -0.25) is 4.79 Å². The molecule has 29 heavy (non-hydrogen) atoms. The van der Waals surface area contributed by atoms with Gasteiger partial charge in [0.2, 0.25) is 5.91 Å². The topological polar surface area (TPSA) is 104 Å². The van der Waals surface area contributed by atoms with Gasteiger partial charge in [0, 0.05) is 12.0 Å². The van der Waals surface area contributed by atoms with Gasteiger partial charge >= 0.3 is 17.1 Å². The third-order valence-corrected chi connectivity index (χ3v) is 4.60. The average molecular weight is 398 g/mol. The first-order valence-corrected chi connectivity index (χ1v) is 9.15. The van der Waals surface area contributed by atoms with Crippen molar-refractivity contribution in [3.05, 3.63) is 86.6 Å². The summed E-state index contributed by atoms with van der Waals surface area (Å²) in [7, 11) is 0. The van der Waals surface area contributed by atoms with Gasteiger partial charge in [-0.25, -0.2) is 28.1 Å². The van der Waals surface area contributed by atoms with E-state index in [1.807, 2.05) is 24.3 Å². The Morgan fingerprint density at radius 2 is 1.62 bits per heavy atom. The van der Waals surface area contributed by atoms with Gasteiger partial charge in [-0.2, -0.15) is 0 Å². The quantitative estimate of drug-likeness (QED) is 0.670. The van der Waals surface area contributed by atoms with E-state index in [4.69, 9.17) is 4.74 Å². The van der Waals surface area contributed by atoms with Crippen LogP contribution in [0.15, 0.2) is 64.0 Å². The van der Waals surface area contributed by atoms with Crippen LogP contribution in [0.4, 0.5) is 0 Å². The lowest BCUT2D eigenvalue weighted by atomic mass is 10.0. The molecule has 0 fully saturated rings. The molecule has 2 heterocycles. The van der Waals surface area contributed by atoms with Gasteiger partial charge in [0.1, 0.15) is 12.3 Å². The number of fused-ring (bicyclic) bond motifs is 1. The maximum Gasteiger partial charge on any atom is 0.337 e. The summed E-state index contributed by atoms with van der Waals surface area (Å²) in [6.07, 6.45) is 3.30. The molecule has 0 saturated heterocycles. The molecule has 1 aromatic carbocycles. The number of hydrogen-bond donors (Lipinski definition) is 1. The number of aromatic nitrogens is 3. The first-order chi connectivity index (χ1) is 14.0. The van der Waals surface area contributed by atoms with Crippen molar-refractivity contribution in [3.63, 3.8) is 0 Å². The van der Waals surface area contributed by atoms with E-state index in [1.165, 1.54) is 12.2 Å². The standard InChI is InChI=1S/C20H22N4O5/c1-3-10-22-18(26)23(11-4-2)20(28)24(19(22)27)13-17(25)21-15-9-12-29-16-8-6-5-7-14(15)16/h3-8,15H,1-2,9-13H2,(H,21,25)/t15-/m0/s1. The van der Waals surface area contributed by atoms with E-state index in [0.29, 0.717) is 18.8 Å². The number of para-hydroxylation sites is 1. The zero-order valence-corrected chi connectivity index (χ0v) is 15.9. The summed E-state index contributed by atoms with van der Waals surface area (Å²) in [6, 6.07) is 7.06. The molecule has 3 rings (SSSR count). The molecule has 0 aliphatic carbocycles. The van der Waals surface area contributed by atoms with Crippen LogP contribution in [0.3, 0.4) is 0 Å². The molecule has 0 unspecified atom stereocenters. The Kier molecular flexibility index (Phi) is 5.96. The molecular formula is C20H22N4O5. The van der Waals surface area contributed by atoms with E-state index < -0.39 is 29.5 Å². The summed E-state index contributed by atoms with van der Waals surface area (Å²) in [5.41, 5.74) is -1.65. The van der Waals surface area contributed by atoms with Crippen LogP contribution in [0.1, 0.15) is 18.0 Å². The summed E-state index contributed by atoms with van der Waals surface area (Å²) >= 11 is 0. The Bertz CT molecular complexity index is 1080. The molecule has 9 nitrogen and oxygen atoms in total. The smallest absolute Gasteiger partial charge is 0.337 e. The largest absolute Gasteiger partial charge is 0.493 e. The van der Waals surface area contributed by atoms with E-state index >= 15 is 0 Å². The molecule has 1 aliphatic heterocycles. The molecule has 1 N–H and O–H groups in total. The number of hydrogen-bond acceptors (Lipinski definition) is 5. The maximum absolute atomic E-state index is 12.6. The Labute approximate surface area is 166 Å². The Hall–Kier alpha value is -3.62. The number of carbonyl (C=O) groups excluding carboxylic acids is 1. The predicted molar refractivity (Wildman–Crippen MR) is 107 cm³/mol. The molecule has 1 atom stereocenters. The van der Waals surface area contributed by atoms with Crippen molar-refractivity contribution >= 4 is 5.91 Å². The van der Waals surface area contributed by atoms with Crippen molar-refractivity contribution in [3.8, 4) is 5.75 Å². The number of rotatable bonds is 7. The molecule has 0 bridgehead atoms. The Balaban J connectivity index is 1.92. The number of amides is 1. The predicted octanol–water partition coefficient (Wildman–Crippen LogP) is 0.184. The van der Waals surface area contributed by atoms with Crippen molar-refractivity contribution in [2.45, 2.75) is 32.1 Å². The van der Waals surface area contributed by atoms with Crippen LogP contribution in [0.5, 0.6) is 5.75 Å². The van der Waals surface area contributed by atoms with E-state index in [2.05, 4.69) is 18.5 Å². The number of ether oxygens (including phenoxy) is 1. The fraction of sp³-hybridized carbons (Fsp3) is 0.300. The molecule has 0 radical (unpaired) electrons. The minimum atomic E-state index is -0.859. The van der Waals surface area contributed by atoms with Crippen LogP contribution in [0.2, 0.25) is 0 Å². The summed E-state index contributed by atoms with van der Waals surface area (Å²) in [4.78, 5) is 50.3. The highest BCUT2D eigenvalue weighted by atomic mass is 16.5. The van der Waals surface area contributed by atoms with Crippen LogP contribution in [-0.4, -0.2) is 26.2 Å². The van der Waals surface area contributed by atoms with Crippen molar-refractivity contribution < 1.29 is 9.53 Å². The van der Waals surface area contributed by atoms with Gasteiger partial charge in [-0.15, -0.1) is 13.2 Å². The summed E-state index contributed by atoms with van der Waals surface area (Å²) in [6.45, 7) is 6.81. The lowest BCUT2D eigenvalue weighted by Crippen LogP contribution is -2.55. The molecule has 152 valence electrons. The van der Waals surface area contributed by atoms with Crippen molar-refractivity contribution in [1.82, 2.24) is 19.0 Å². The number of carbonyl (C=O) groups is 1. The molecule has 0 spiro atoms. The van der Waals surface area contributed by atoms with E-state index in [0.717, 1.165) is 19.3 Å². The number of nitrogens with one attached hydrogen (secondary N) is 1. The molecule has 2 aromatic rings. The normalized spacial score (nSPS) is 15.1. The van der Waals surface area contributed by atoms with Gasteiger partial charge < -0.3 is 10.1 Å². The fourth-order valence-electron chi connectivity index (χ4n) is 3.26. The van der Waals surface area contributed by atoms with Crippen molar-refractivity contribution in [2.75, 3.05) is 6.61 Å². The van der Waals surface area contributed by atoms with Crippen LogP contribution < -0.4 is 27.1 Å².